The second-order valence-corrected chi connectivity index (χ2v) is 12.7. The molecule has 0 fully saturated rings. The molecule has 208 valence electrons. The molecule has 3 unspecified atom stereocenters. The van der Waals surface area contributed by atoms with Crippen LogP contribution in [0.1, 0.15) is 104 Å². The van der Waals surface area contributed by atoms with E-state index in [4.69, 9.17) is 0 Å². The lowest BCUT2D eigenvalue weighted by molar-refractivity contribution is 0.272. The summed E-state index contributed by atoms with van der Waals surface area (Å²) in [5, 5.41) is 4.11. The Morgan fingerprint density at radius 2 is 1.89 bits per heavy atom. The van der Waals surface area contributed by atoms with Crippen LogP contribution in [0.5, 0.6) is 0 Å². The zero-order valence-electron chi connectivity index (χ0n) is 26.0. The molecule has 0 bridgehead atoms. The number of hydrogen-bond acceptors (Lipinski definition) is 1. The van der Waals surface area contributed by atoms with E-state index in [2.05, 4.69) is 123 Å². The maximum atomic E-state index is 4.51. The molecule has 0 heterocycles. The number of rotatable bonds is 13. The molecule has 0 saturated carbocycles. The first-order chi connectivity index (χ1) is 17.9. The van der Waals surface area contributed by atoms with Crippen molar-refractivity contribution in [3.8, 4) is 0 Å². The van der Waals surface area contributed by atoms with Gasteiger partial charge in [-0.05, 0) is 97.6 Å². The lowest BCUT2D eigenvalue weighted by atomic mass is 9.85. The van der Waals surface area contributed by atoms with Crippen molar-refractivity contribution in [2.75, 3.05) is 0 Å². The standard InChI is InChI=1S/C37H55N/c1-12-18-33(25-37(9,10)11)38-36-29(7)24-32(35(36)27(5)13-2)23-26(4)19-15-16-21-31(14-3)34-22-17-20-28(6)30(34)8/h14-17,20-23,29,33,36,38H,3,5,12-13,18-19,24-25H2,1-2,4,6-11H3/b16-15-,26-23+,31-21+. The molecular formula is C37H55N. The van der Waals surface area contributed by atoms with E-state index in [9.17, 15) is 0 Å². The number of allylic oxidation sites excluding steroid dienone is 8. The molecule has 1 nitrogen and oxygen atoms in total. The van der Waals surface area contributed by atoms with Crippen LogP contribution in [0.15, 0.2) is 84.0 Å². The third-order valence-corrected chi connectivity index (χ3v) is 7.89. The molecule has 0 aromatic heterocycles. The van der Waals surface area contributed by atoms with E-state index < -0.39 is 0 Å². The van der Waals surface area contributed by atoms with Gasteiger partial charge in [-0.3, -0.25) is 0 Å². The quantitative estimate of drug-likeness (QED) is 0.259. The van der Waals surface area contributed by atoms with E-state index in [1.54, 1.807) is 0 Å². The highest BCUT2D eigenvalue weighted by atomic mass is 15.0. The third kappa shape index (κ3) is 9.12. The first kappa shape index (κ1) is 31.8. The summed E-state index contributed by atoms with van der Waals surface area (Å²) in [6.07, 6.45) is 17.7. The van der Waals surface area contributed by atoms with Crippen molar-refractivity contribution in [3.63, 3.8) is 0 Å². The molecule has 38 heavy (non-hydrogen) atoms. The topological polar surface area (TPSA) is 12.0 Å². The van der Waals surface area contributed by atoms with Crippen molar-refractivity contribution in [2.24, 2.45) is 11.3 Å². The van der Waals surface area contributed by atoms with E-state index >= 15 is 0 Å². The maximum absolute atomic E-state index is 4.51. The van der Waals surface area contributed by atoms with Gasteiger partial charge < -0.3 is 5.32 Å². The van der Waals surface area contributed by atoms with Crippen LogP contribution >= 0.6 is 0 Å². The first-order valence-electron chi connectivity index (χ1n) is 14.8. The van der Waals surface area contributed by atoms with E-state index in [1.165, 1.54) is 63.8 Å². The monoisotopic (exact) mass is 513 g/mol. The summed E-state index contributed by atoms with van der Waals surface area (Å²) in [7, 11) is 0. The van der Waals surface area contributed by atoms with Crippen LogP contribution in [0.25, 0.3) is 5.57 Å². The summed E-state index contributed by atoms with van der Waals surface area (Å²) >= 11 is 0. The largest absolute Gasteiger partial charge is 0.307 e. The molecule has 0 amide bonds. The molecule has 2 rings (SSSR count). The Labute approximate surface area is 235 Å². The summed E-state index contributed by atoms with van der Waals surface area (Å²) < 4.78 is 0. The fourth-order valence-corrected chi connectivity index (χ4v) is 5.78. The molecule has 3 atom stereocenters. The average molecular weight is 514 g/mol. The van der Waals surface area contributed by atoms with Gasteiger partial charge in [0.05, 0.1) is 0 Å². The van der Waals surface area contributed by atoms with Gasteiger partial charge in [0.1, 0.15) is 0 Å². The van der Waals surface area contributed by atoms with Gasteiger partial charge in [0.25, 0.3) is 0 Å². The Bertz CT molecular complexity index is 1080. The number of aryl methyl sites for hydroxylation is 1. The smallest absolute Gasteiger partial charge is 0.0356 e. The summed E-state index contributed by atoms with van der Waals surface area (Å²) in [5.41, 5.74) is 11.0. The van der Waals surface area contributed by atoms with Crippen molar-refractivity contribution < 1.29 is 0 Å². The Morgan fingerprint density at radius 1 is 1.18 bits per heavy atom. The Morgan fingerprint density at radius 3 is 2.50 bits per heavy atom. The Balaban J connectivity index is 2.25. The number of nitrogens with one attached hydrogen (secondary N) is 1. The van der Waals surface area contributed by atoms with Crippen molar-refractivity contribution in [1.82, 2.24) is 5.32 Å². The Kier molecular flexibility index (Phi) is 12.3. The van der Waals surface area contributed by atoms with E-state index in [0.717, 1.165) is 19.3 Å². The summed E-state index contributed by atoms with van der Waals surface area (Å²) in [4.78, 5) is 0. The van der Waals surface area contributed by atoms with Gasteiger partial charge in [0.15, 0.2) is 0 Å². The van der Waals surface area contributed by atoms with Gasteiger partial charge in [-0.2, -0.15) is 0 Å². The third-order valence-electron chi connectivity index (χ3n) is 7.89. The molecule has 0 aliphatic heterocycles. The SMILES string of the molecule is C=C/C(=C\C=C/C/C(C)=C/C1=C(C(=C)CC)C(NC(CCC)CC(C)(C)C)C(C)C1)c1cccc(C)c1C. The predicted octanol–water partition coefficient (Wildman–Crippen LogP) is 10.6. The molecule has 1 aliphatic rings. The van der Waals surface area contributed by atoms with E-state index in [0.29, 0.717) is 23.4 Å². The van der Waals surface area contributed by atoms with Crippen LogP contribution in [0, 0.1) is 25.2 Å². The number of hydrogen-bond donors (Lipinski definition) is 1. The summed E-state index contributed by atoms with van der Waals surface area (Å²) in [6, 6.07) is 7.41. The van der Waals surface area contributed by atoms with Gasteiger partial charge in [0, 0.05) is 12.1 Å². The maximum Gasteiger partial charge on any atom is 0.0356 e. The van der Waals surface area contributed by atoms with Crippen LogP contribution in [-0.2, 0) is 0 Å². The second kappa shape index (κ2) is 14.7. The highest BCUT2D eigenvalue weighted by Gasteiger charge is 2.34. The predicted molar refractivity (Wildman–Crippen MR) is 172 cm³/mol. The van der Waals surface area contributed by atoms with Crippen molar-refractivity contribution >= 4 is 5.57 Å². The van der Waals surface area contributed by atoms with E-state index in [1.807, 2.05) is 6.08 Å². The van der Waals surface area contributed by atoms with Crippen LogP contribution in [-0.4, -0.2) is 12.1 Å². The lowest BCUT2D eigenvalue weighted by Gasteiger charge is -2.32. The number of benzene rings is 1. The fraction of sp³-hybridized carbons (Fsp3) is 0.514. The van der Waals surface area contributed by atoms with Gasteiger partial charge in [-0.1, -0.05) is 121 Å². The molecule has 0 saturated heterocycles. The van der Waals surface area contributed by atoms with Crippen molar-refractivity contribution in [3.05, 3.63) is 101 Å². The molecule has 1 aliphatic carbocycles. The zero-order valence-corrected chi connectivity index (χ0v) is 26.0. The van der Waals surface area contributed by atoms with E-state index in [-0.39, 0.29) is 0 Å². The summed E-state index contributed by atoms with van der Waals surface area (Å²) in [6.45, 7) is 29.2. The molecule has 0 radical (unpaired) electrons. The average Bonchev–Trinajstić information content (AvgIpc) is 3.14. The van der Waals surface area contributed by atoms with Crippen LogP contribution < -0.4 is 5.32 Å². The second-order valence-electron chi connectivity index (χ2n) is 12.7. The van der Waals surface area contributed by atoms with Crippen LogP contribution in [0.2, 0.25) is 0 Å². The minimum absolute atomic E-state index is 0.323. The molecule has 1 N–H and O–H groups in total. The molecule has 1 aromatic rings. The minimum Gasteiger partial charge on any atom is -0.307 e. The molecule has 1 heteroatoms. The van der Waals surface area contributed by atoms with Gasteiger partial charge in [0.2, 0.25) is 0 Å². The highest BCUT2D eigenvalue weighted by molar-refractivity contribution is 5.77. The Hall–Kier alpha value is -2.38. The van der Waals surface area contributed by atoms with Gasteiger partial charge >= 0.3 is 0 Å². The lowest BCUT2D eigenvalue weighted by Crippen LogP contribution is -2.43. The fourth-order valence-electron chi connectivity index (χ4n) is 5.78. The first-order valence-corrected chi connectivity index (χ1v) is 14.8. The molecule has 1 aromatic carbocycles. The van der Waals surface area contributed by atoms with Crippen molar-refractivity contribution in [2.45, 2.75) is 113 Å². The van der Waals surface area contributed by atoms with Gasteiger partial charge in [-0.15, -0.1) is 0 Å². The minimum atomic E-state index is 0.323. The zero-order chi connectivity index (χ0) is 28.5. The van der Waals surface area contributed by atoms with Gasteiger partial charge in [-0.25, -0.2) is 0 Å². The van der Waals surface area contributed by atoms with Crippen LogP contribution in [0.4, 0.5) is 0 Å². The summed E-state index contributed by atoms with van der Waals surface area (Å²) in [5.74, 6) is 0.581. The normalized spacial score (nSPS) is 19.9. The van der Waals surface area contributed by atoms with Crippen LogP contribution in [0.3, 0.4) is 0 Å². The highest BCUT2D eigenvalue weighted by Crippen LogP contribution is 2.39. The van der Waals surface area contributed by atoms with Crippen molar-refractivity contribution in [1.29, 1.82) is 0 Å². The molecule has 0 spiro atoms. The molecular weight excluding hydrogens is 458 g/mol.